The molecule has 0 aliphatic rings. The Labute approximate surface area is 127 Å². The molecule has 3 aromatic carbocycles. The zero-order chi connectivity index (χ0) is 15.1. The molecule has 106 valence electrons. The van der Waals surface area contributed by atoms with Crippen molar-refractivity contribution in [1.29, 1.82) is 0 Å². The highest BCUT2D eigenvalue weighted by Gasteiger charge is 2.16. The monoisotopic (exact) mass is 287 g/mol. The largest absolute Gasteiger partial charge is 0.508 e. The van der Waals surface area contributed by atoms with Crippen LogP contribution in [0.2, 0.25) is 0 Å². The zero-order valence-corrected chi connectivity index (χ0v) is 11.7. The minimum absolute atomic E-state index is 0.0996. The second-order valence-corrected chi connectivity index (χ2v) is 5.22. The fraction of sp³-hybridized carbons (Fsp3) is 0. The minimum atomic E-state index is -0.0996. The van der Waals surface area contributed by atoms with E-state index in [0.29, 0.717) is 5.56 Å². The van der Waals surface area contributed by atoms with E-state index in [-0.39, 0.29) is 11.7 Å². The summed E-state index contributed by atoms with van der Waals surface area (Å²) in [6.45, 7) is 0. The number of aromatic nitrogens is 1. The van der Waals surface area contributed by atoms with E-state index in [1.54, 1.807) is 16.7 Å². The molecule has 1 heterocycles. The summed E-state index contributed by atoms with van der Waals surface area (Å²) < 4.78 is 1.73. The van der Waals surface area contributed by atoms with Crippen LogP contribution in [0.5, 0.6) is 5.75 Å². The molecule has 0 saturated carbocycles. The van der Waals surface area contributed by atoms with Crippen molar-refractivity contribution < 1.29 is 9.90 Å². The first-order valence-corrected chi connectivity index (χ1v) is 7.07. The molecule has 0 spiro atoms. The summed E-state index contributed by atoms with van der Waals surface area (Å²) in [5.41, 5.74) is 2.33. The number of rotatable bonds is 1. The normalized spacial score (nSPS) is 11.1. The van der Waals surface area contributed by atoms with E-state index in [2.05, 4.69) is 0 Å². The molecule has 4 aromatic rings. The number of phenolic OH excluding ortho intramolecular Hbond substituents is 1. The van der Waals surface area contributed by atoms with Crippen LogP contribution in [0, 0.1) is 0 Å². The van der Waals surface area contributed by atoms with E-state index in [1.165, 1.54) is 12.1 Å². The zero-order valence-electron chi connectivity index (χ0n) is 11.7. The van der Waals surface area contributed by atoms with Crippen molar-refractivity contribution in [2.24, 2.45) is 0 Å². The van der Waals surface area contributed by atoms with E-state index in [0.717, 1.165) is 21.8 Å². The lowest BCUT2D eigenvalue weighted by Gasteiger charge is -2.06. The van der Waals surface area contributed by atoms with Gasteiger partial charge in [0.05, 0.1) is 11.0 Å². The molecule has 22 heavy (non-hydrogen) atoms. The van der Waals surface area contributed by atoms with Gasteiger partial charge in [0.1, 0.15) is 5.75 Å². The van der Waals surface area contributed by atoms with Gasteiger partial charge in [-0.15, -0.1) is 0 Å². The Hall–Kier alpha value is -3.07. The maximum absolute atomic E-state index is 12.9. The number of benzene rings is 3. The molecule has 0 aliphatic heterocycles. The van der Waals surface area contributed by atoms with E-state index >= 15 is 0 Å². The molecule has 0 atom stereocenters. The van der Waals surface area contributed by atoms with Gasteiger partial charge in [-0.3, -0.25) is 9.36 Å². The van der Waals surface area contributed by atoms with Crippen LogP contribution in [0.15, 0.2) is 72.8 Å². The van der Waals surface area contributed by atoms with Crippen LogP contribution in [0.4, 0.5) is 0 Å². The molecular weight excluding hydrogens is 274 g/mol. The second-order valence-electron chi connectivity index (χ2n) is 5.22. The van der Waals surface area contributed by atoms with Crippen LogP contribution in [-0.2, 0) is 0 Å². The SMILES string of the molecule is O=C(c1ccc(O)cc1)n1c2ccccc2c2ccccc21. The Morgan fingerprint density at radius 1 is 0.727 bits per heavy atom. The number of hydrogen-bond donors (Lipinski definition) is 1. The number of aromatic hydroxyl groups is 1. The van der Waals surface area contributed by atoms with Gasteiger partial charge < -0.3 is 5.11 Å². The van der Waals surface area contributed by atoms with Crippen molar-refractivity contribution in [2.45, 2.75) is 0 Å². The molecular formula is C19H13NO2. The fourth-order valence-electron chi connectivity index (χ4n) is 2.87. The smallest absolute Gasteiger partial charge is 0.262 e. The van der Waals surface area contributed by atoms with E-state index in [9.17, 15) is 9.90 Å². The number of fused-ring (bicyclic) bond motifs is 3. The minimum Gasteiger partial charge on any atom is -0.508 e. The maximum Gasteiger partial charge on any atom is 0.262 e. The fourth-order valence-corrected chi connectivity index (χ4v) is 2.87. The Morgan fingerprint density at radius 3 is 1.77 bits per heavy atom. The maximum atomic E-state index is 12.9. The van der Waals surface area contributed by atoms with Gasteiger partial charge in [-0.25, -0.2) is 0 Å². The van der Waals surface area contributed by atoms with Gasteiger partial charge >= 0.3 is 0 Å². The Balaban J connectivity index is 2.04. The summed E-state index contributed by atoms with van der Waals surface area (Å²) in [5.74, 6) is 0.0520. The molecule has 1 N–H and O–H groups in total. The van der Waals surface area contributed by atoms with Gasteiger partial charge in [0, 0.05) is 16.3 Å². The Kier molecular flexibility index (Phi) is 2.73. The molecule has 0 amide bonds. The quantitative estimate of drug-likeness (QED) is 0.570. The predicted octanol–water partition coefficient (Wildman–Crippen LogP) is 4.19. The van der Waals surface area contributed by atoms with Crippen molar-refractivity contribution in [3.05, 3.63) is 78.4 Å². The third kappa shape index (κ3) is 1.79. The highest BCUT2D eigenvalue weighted by molar-refractivity contribution is 6.16. The van der Waals surface area contributed by atoms with Gasteiger partial charge in [0.15, 0.2) is 0 Å². The number of para-hydroxylation sites is 2. The first-order valence-electron chi connectivity index (χ1n) is 7.07. The molecule has 1 aromatic heterocycles. The summed E-state index contributed by atoms with van der Waals surface area (Å²) in [5, 5.41) is 11.5. The van der Waals surface area contributed by atoms with Crippen LogP contribution in [-0.4, -0.2) is 15.6 Å². The number of nitrogens with zero attached hydrogens (tertiary/aromatic N) is 1. The molecule has 4 rings (SSSR count). The number of phenols is 1. The number of carbonyl (C=O) groups is 1. The summed E-state index contributed by atoms with van der Waals surface area (Å²) in [6.07, 6.45) is 0. The average molecular weight is 287 g/mol. The van der Waals surface area contributed by atoms with Gasteiger partial charge in [0.2, 0.25) is 0 Å². The topological polar surface area (TPSA) is 42.2 Å². The lowest BCUT2D eigenvalue weighted by atomic mass is 10.2. The predicted molar refractivity (Wildman–Crippen MR) is 87.3 cm³/mol. The van der Waals surface area contributed by atoms with E-state index in [1.807, 2.05) is 48.5 Å². The van der Waals surface area contributed by atoms with Crippen molar-refractivity contribution in [2.75, 3.05) is 0 Å². The van der Waals surface area contributed by atoms with Crippen LogP contribution in [0.25, 0.3) is 21.8 Å². The molecule has 0 saturated heterocycles. The highest BCUT2D eigenvalue weighted by atomic mass is 16.3. The van der Waals surface area contributed by atoms with E-state index < -0.39 is 0 Å². The van der Waals surface area contributed by atoms with Gasteiger partial charge in [-0.1, -0.05) is 36.4 Å². The van der Waals surface area contributed by atoms with Crippen molar-refractivity contribution in [1.82, 2.24) is 4.57 Å². The second kappa shape index (κ2) is 4.74. The summed E-state index contributed by atoms with van der Waals surface area (Å²) in [6, 6.07) is 22.1. The molecule has 3 nitrogen and oxygen atoms in total. The highest BCUT2D eigenvalue weighted by Crippen LogP contribution is 2.29. The summed E-state index contributed by atoms with van der Waals surface area (Å²) >= 11 is 0. The van der Waals surface area contributed by atoms with Crippen LogP contribution in [0.3, 0.4) is 0 Å². The van der Waals surface area contributed by atoms with Crippen LogP contribution in [0.1, 0.15) is 10.4 Å². The van der Waals surface area contributed by atoms with Crippen LogP contribution < -0.4 is 0 Å². The molecule has 3 heteroatoms. The van der Waals surface area contributed by atoms with Gasteiger partial charge in [-0.05, 0) is 36.4 Å². The first-order chi connectivity index (χ1) is 10.8. The van der Waals surface area contributed by atoms with Crippen molar-refractivity contribution in [3.8, 4) is 5.75 Å². The van der Waals surface area contributed by atoms with Gasteiger partial charge in [0.25, 0.3) is 5.91 Å². The van der Waals surface area contributed by atoms with E-state index in [4.69, 9.17) is 0 Å². The molecule has 0 bridgehead atoms. The van der Waals surface area contributed by atoms with Gasteiger partial charge in [-0.2, -0.15) is 0 Å². The standard InChI is InChI=1S/C19H13NO2/c21-14-11-9-13(10-12-14)19(22)20-17-7-3-1-5-15(17)16-6-2-4-8-18(16)20/h1-12,21H. The third-order valence-electron chi connectivity index (χ3n) is 3.90. The lowest BCUT2D eigenvalue weighted by Crippen LogP contribution is -2.11. The van der Waals surface area contributed by atoms with Crippen molar-refractivity contribution in [3.63, 3.8) is 0 Å². The number of carbonyl (C=O) groups excluding carboxylic acids is 1. The molecule has 0 radical (unpaired) electrons. The Morgan fingerprint density at radius 2 is 1.23 bits per heavy atom. The number of hydrogen-bond acceptors (Lipinski definition) is 2. The first kappa shape index (κ1) is 12.7. The summed E-state index contributed by atoms with van der Waals surface area (Å²) in [4.78, 5) is 12.9. The molecule has 0 aliphatic carbocycles. The molecule has 0 fully saturated rings. The lowest BCUT2D eigenvalue weighted by molar-refractivity contribution is 0.0969. The van der Waals surface area contributed by atoms with Crippen molar-refractivity contribution >= 4 is 27.7 Å². The summed E-state index contributed by atoms with van der Waals surface area (Å²) in [7, 11) is 0. The Bertz CT molecular complexity index is 944. The van der Waals surface area contributed by atoms with Crippen LogP contribution >= 0.6 is 0 Å². The molecule has 0 unspecified atom stereocenters. The average Bonchev–Trinajstić information content (AvgIpc) is 2.89. The third-order valence-corrected chi connectivity index (χ3v) is 3.90.